The summed E-state index contributed by atoms with van der Waals surface area (Å²) in [6.45, 7) is 0.567. The molecule has 0 bridgehead atoms. The Morgan fingerprint density at radius 1 is 1.90 bits per heavy atom. The monoisotopic (exact) mass is 163 g/mol. The molecule has 0 aromatic carbocycles. The van der Waals surface area contributed by atoms with Gasteiger partial charge in [0.2, 0.25) is 0 Å². The van der Waals surface area contributed by atoms with Crippen LogP contribution < -0.4 is 11.1 Å². The summed E-state index contributed by atoms with van der Waals surface area (Å²) in [4.78, 5) is 0. The van der Waals surface area contributed by atoms with E-state index in [2.05, 4.69) is 16.4 Å². The van der Waals surface area contributed by atoms with Crippen LogP contribution in [0.1, 0.15) is 0 Å². The van der Waals surface area contributed by atoms with Gasteiger partial charge in [-0.05, 0) is 0 Å². The maximum absolute atomic E-state index is 12.2. The van der Waals surface area contributed by atoms with Gasteiger partial charge in [0.15, 0.2) is 0 Å². The minimum Gasteiger partial charge on any atom is -0.386 e. The van der Waals surface area contributed by atoms with Crippen LogP contribution in [0.2, 0.25) is 0 Å². The first-order valence-electron chi connectivity index (χ1n) is 2.99. The normalized spacial score (nSPS) is 33.5. The van der Waals surface area contributed by atoms with Crippen LogP contribution in [0.15, 0.2) is 4.76 Å². The van der Waals surface area contributed by atoms with Crippen LogP contribution in [0.4, 0.5) is 4.39 Å². The average Bonchev–Trinajstić information content (AvgIpc) is 1.88. The highest BCUT2D eigenvalue weighted by Crippen LogP contribution is 2.46. The molecule has 10 heavy (non-hydrogen) atoms. The van der Waals surface area contributed by atoms with Gasteiger partial charge in [0.25, 0.3) is 0 Å². The minimum absolute atomic E-state index is 0.458. The van der Waals surface area contributed by atoms with Crippen LogP contribution >= 0.6 is 7.04 Å². The van der Waals surface area contributed by atoms with Crippen molar-refractivity contribution < 1.29 is 4.39 Å². The molecule has 0 fully saturated rings. The van der Waals surface area contributed by atoms with E-state index in [1.165, 1.54) is 0 Å². The molecule has 1 heterocycles. The Morgan fingerprint density at radius 3 is 3.00 bits per heavy atom. The molecular weight excluding hydrogens is 152 g/mol. The molecule has 0 aliphatic carbocycles. The summed E-state index contributed by atoms with van der Waals surface area (Å²) in [6, 6.07) is 0. The highest BCUT2D eigenvalue weighted by molar-refractivity contribution is 7.72. The van der Waals surface area contributed by atoms with Gasteiger partial charge in [0, 0.05) is 13.3 Å². The van der Waals surface area contributed by atoms with Gasteiger partial charge in [0.05, 0.1) is 6.54 Å². The number of amidine groups is 1. The van der Waals surface area contributed by atoms with E-state index >= 15 is 0 Å². The Balaban J connectivity index is 2.80. The summed E-state index contributed by atoms with van der Waals surface area (Å²) in [6.07, 6.45) is 3.82. The topological polar surface area (TPSA) is 50.4 Å². The Morgan fingerprint density at radius 2 is 2.60 bits per heavy atom. The van der Waals surface area contributed by atoms with Crippen LogP contribution in [-0.2, 0) is 0 Å². The molecule has 1 aliphatic rings. The summed E-state index contributed by atoms with van der Waals surface area (Å²) in [5.74, 6) is 0.479. The van der Waals surface area contributed by atoms with Gasteiger partial charge in [-0.1, -0.05) is 6.30 Å². The molecule has 1 aliphatic heterocycles. The number of alkyl halides is 1. The third-order valence-electron chi connectivity index (χ3n) is 1.28. The molecule has 0 radical (unpaired) electrons. The van der Waals surface area contributed by atoms with E-state index in [0.29, 0.717) is 18.7 Å². The predicted molar refractivity (Wildman–Crippen MR) is 44.5 cm³/mol. The van der Waals surface area contributed by atoms with Gasteiger partial charge in [-0.15, -0.1) is 0 Å². The van der Waals surface area contributed by atoms with Gasteiger partial charge in [-0.2, -0.15) is 0 Å². The Bertz CT molecular complexity index is 201. The van der Waals surface area contributed by atoms with Crippen LogP contribution in [0.25, 0.3) is 0 Å². The van der Waals surface area contributed by atoms with Crippen molar-refractivity contribution in [1.82, 2.24) is 5.32 Å². The van der Waals surface area contributed by atoms with E-state index in [4.69, 9.17) is 5.73 Å². The predicted octanol–water partition coefficient (Wildman–Crippen LogP) is 0.196. The molecule has 0 amide bonds. The second kappa shape index (κ2) is 2.72. The maximum Gasteiger partial charge on any atom is 0.128 e. The Hall–Kier alpha value is -0.340. The summed E-state index contributed by atoms with van der Waals surface area (Å²) < 4.78 is 16.2. The molecule has 0 saturated heterocycles. The first kappa shape index (κ1) is 7.76. The second-order valence-corrected chi connectivity index (χ2v) is 5.34. The van der Waals surface area contributed by atoms with E-state index in [0.717, 1.165) is 0 Å². The lowest BCUT2D eigenvalue weighted by molar-refractivity contribution is 0.594. The minimum atomic E-state index is -1.97. The number of hydrogen-bond acceptors (Lipinski definition) is 3. The highest BCUT2D eigenvalue weighted by Gasteiger charge is 2.16. The molecule has 1 unspecified atom stereocenters. The molecule has 1 atom stereocenters. The Kier molecular flexibility index (Phi) is 2.11. The fourth-order valence-corrected chi connectivity index (χ4v) is 2.16. The lowest BCUT2D eigenvalue weighted by Gasteiger charge is -2.22. The molecule has 3 N–H and O–H groups in total. The standard InChI is InChI=1S/C5H11FN3P/c1-10(3-6)4-8-2-5(7)9-10/h8H,1-4H2,(H2,7,9). The van der Waals surface area contributed by atoms with Crippen LogP contribution in [0, 0.1) is 0 Å². The van der Waals surface area contributed by atoms with Crippen molar-refractivity contribution in [3.05, 3.63) is 0 Å². The average molecular weight is 163 g/mol. The van der Waals surface area contributed by atoms with Gasteiger partial charge in [-0.3, -0.25) is 0 Å². The van der Waals surface area contributed by atoms with Crippen molar-refractivity contribution in [3.63, 3.8) is 0 Å². The molecule has 5 heteroatoms. The number of nitrogens with zero attached hydrogens (tertiary/aromatic N) is 1. The number of hydrogen-bond donors (Lipinski definition) is 2. The molecule has 0 saturated carbocycles. The van der Waals surface area contributed by atoms with Crippen molar-refractivity contribution in [2.45, 2.75) is 0 Å². The van der Waals surface area contributed by atoms with E-state index in [-0.39, 0.29) is 0 Å². The summed E-state index contributed by atoms with van der Waals surface area (Å²) >= 11 is 0. The fourth-order valence-electron chi connectivity index (χ4n) is 0.804. The van der Waals surface area contributed by atoms with Gasteiger partial charge >= 0.3 is 0 Å². The van der Waals surface area contributed by atoms with Gasteiger partial charge in [0.1, 0.15) is 12.3 Å². The van der Waals surface area contributed by atoms with E-state index in [1.807, 2.05) is 0 Å². The summed E-state index contributed by atoms with van der Waals surface area (Å²) in [5.41, 5.74) is 5.39. The van der Waals surface area contributed by atoms with Crippen molar-refractivity contribution in [2.75, 3.05) is 19.2 Å². The number of rotatable bonds is 1. The largest absolute Gasteiger partial charge is 0.386 e. The van der Waals surface area contributed by atoms with Crippen molar-refractivity contribution in [2.24, 2.45) is 10.5 Å². The molecule has 0 spiro atoms. The smallest absolute Gasteiger partial charge is 0.128 e. The van der Waals surface area contributed by atoms with Gasteiger partial charge < -0.3 is 11.1 Å². The third-order valence-corrected chi connectivity index (χ3v) is 3.21. The summed E-state index contributed by atoms with van der Waals surface area (Å²) in [7, 11) is -1.97. The van der Waals surface area contributed by atoms with E-state index in [9.17, 15) is 4.39 Å². The zero-order valence-corrected chi connectivity index (χ0v) is 6.57. The fraction of sp³-hybridized carbons (Fsp3) is 0.600. The summed E-state index contributed by atoms with van der Waals surface area (Å²) in [5, 5.41) is 2.97. The third kappa shape index (κ3) is 1.58. The van der Waals surface area contributed by atoms with E-state index < -0.39 is 13.5 Å². The molecule has 0 aromatic rings. The molecule has 58 valence electrons. The molecular formula is C5H11FN3P. The Labute approximate surface area is 59.5 Å². The zero-order valence-electron chi connectivity index (χ0n) is 5.68. The number of nitrogens with one attached hydrogen (secondary N) is 1. The molecule has 3 nitrogen and oxygen atoms in total. The molecule has 1 rings (SSSR count). The van der Waals surface area contributed by atoms with Crippen LogP contribution in [0.5, 0.6) is 0 Å². The lowest BCUT2D eigenvalue weighted by atomic mass is 10.6. The zero-order chi connectivity index (χ0) is 7.61. The highest BCUT2D eigenvalue weighted by atomic mass is 31.2. The second-order valence-electron chi connectivity index (χ2n) is 2.39. The van der Waals surface area contributed by atoms with Crippen LogP contribution in [0.3, 0.4) is 0 Å². The van der Waals surface area contributed by atoms with Crippen LogP contribution in [-0.4, -0.2) is 31.4 Å². The maximum atomic E-state index is 12.2. The van der Waals surface area contributed by atoms with Gasteiger partial charge in [-0.25, -0.2) is 9.15 Å². The number of nitrogens with two attached hydrogens (primary N) is 1. The van der Waals surface area contributed by atoms with Crippen molar-refractivity contribution >= 4 is 19.2 Å². The SMILES string of the molecule is C=P1(CF)CNCC(N)=N1. The van der Waals surface area contributed by atoms with E-state index in [1.54, 1.807) is 0 Å². The first-order chi connectivity index (χ1) is 4.66. The quantitative estimate of drug-likeness (QED) is 0.542. The lowest BCUT2D eigenvalue weighted by Crippen LogP contribution is -2.33. The van der Waals surface area contributed by atoms with Crippen molar-refractivity contribution in [3.8, 4) is 0 Å². The van der Waals surface area contributed by atoms with Crippen molar-refractivity contribution in [1.29, 1.82) is 0 Å². The first-order valence-corrected chi connectivity index (χ1v) is 5.29. The number of halogens is 1. The molecule has 0 aromatic heterocycles.